The van der Waals surface area contributed by atoms with Gasteiger partial charge in [0.25, 0.3) is 5.91 Å². The van der Waals surface area contributed by atoms with Crippen molar-refractivity contribution in [1.82, 2.24) is 14.8 Å². The molecule has 1 aromatic rings. The zero-order valence-corrected chi connectivity index (χ0v) is 14.1. The molecule has 0 aliphatic carbocycles. The summed E-state index contributed by atoms with van der Waals surface area (Å²) in [7, 11) is 0. The molecule has 2 N–H and O–H groups in total. The lowest BCUT2D eigenvalue weighted by Gasteiger charge is -2.30. The number of nitrogens with zero attached hydrogens (tertiary/aromatic N) is 3. The Labute approximate surface area is 143 Å². The van der Waals surface area contributed by atoms with E-state index in [1.807, 2.05) is 17.0 Å². The van der Waals surface area contributed by atoms with E-state index in [0.29, 0.717) is 18.0 Å². The standard InChI is InChI=1S/C18H26N4O2/c19-17(23)13-21-10-6-14(7-11-21)16-5-4-15(12-20-16)18(24)22-8-2-1-3-9-22/h4-5,12,14H,1-3,6-11,13H2,(H2,19,23). The van der Waals surface area contributed by atoms with Crippen molar-refractivity contribution in [3.05, 3.63) is 29.6 Å². The van der Waals surface area contributed by atoms with Gasteiger partial charge in [-0.1, -0.05) is 0 Å². The van der Waals surface area contributed by atoms with Crippen LogP contribution in [0.1, 0.15) is 54.1 Å². The molecule has 2 saturated heterocycles. The lowest BCUT2D eigenvalue weighted by Crippen LogP contribution is -2.39. The minimum absolute atomic E-state index is 0.102. The van der Waals surface area contributed by atoms with Gasteiger partial charge in [-0.25, -0.2) is 0 Å². The third-order valence-corrected chi connectivity index (χ3v) is 5.06. The van der Waals surface area contributed by atoms with Gasteiger partial charge in [0.05, 0.1) is 12.1 Å². The lowest BCUT2D eigenvalue weighted by atomic mass is 9.93. The van der Waals surface area contributed by atoms with Crippen LogP contribution in [0.5, 0.6) is 0 Å². The maximum atomic E-state index is 12.5. The molecule has 3 rings (SSSR count). The normalized spacial score (nSPS) is 20.1. The minimum Gasteiger partial charge on any atom is -0.369 e. The number of likely N-dealkylation sites (tertiary alicyclic amines) is 2. The SMILES string of the molecule is NC(=O)CN1CCC(c2ccc(C(=O)N3CCCCC3)cn2)CC1. The Hall–Kier alpha value is -1.95. The maximum absolute atomic E-state index is 12.5. The second-order valence-electron chi connectivity index (χ2n) is 6.84. The van der Waals surface area contributed by atoms with E-state index in [1.54, 1.807) is 6.20 Å². The third-order valence-electron chi connectivity index (χ3n) is 5.06. The van der Waals surface area contributed by atoms with Gasteiger partial charge in [-0.2, -0.15) is 0 Å². The number of amides is 2. The van der Waals surface area contributed by atoms with Crippen LogP contribution < -0.4 is 5.73 Å². The van der Waals surface area contributed by atoms with Gasteiger partial charge < -0.3 is 10.6 Å². The van der Waals surface area contributed by atoms with Crippen molar-refractivity contribution in [3.8, 4) is 0 Å². The zero-order valence-electron chi connectivity index (χ0n) is 14.1. The minimum atomic E-state index is -0.271. The number of hydrogen-bond acceptors (Lipinski definition) is 4. The van der Waals surface area contributed by atoms with Crippen LogP contribution in [-0.2, 0) is 4.79 Å². The highest BCUT2D eigenvalue weighted by atomic mass is 16.2. The van der Waals surface area contributed by atoms with Crippen molar-refractivity contribution in [1.29, 1.82) is 0 Å². The summed E-state index contributed by atoms with van der Waals surface area (Å²) in [5.74, 6) is 0.227. The van der Waals surface area contributed by atoms with E-state index in [9.17, 15) is 9.59 Å². The Kier molecular flexibility index (Phi) is 5.45. The van der Waals surface area contributed by atoms with Crippen LogP contribution in [0.25, 0.3) is 0 Å². The molecule has 2 aliphatic heterocycles. The third kappa shape index (κ3) is 4.12. The van der Waals surface area contributed by atoms with Gasteiger partial charge in [0.2, 0.25) is 5.91 Å². The highest BCUT2D eigenvalue weighted by Gasteiger charge is 2.23. The predicted molar refractivity (Wildman–Crippen MR) is 91.6 cm³/mol. The summed E-state index contributed by atoms with van der Waals surface area (Å²) >= 11 is 0. The van der Waals surface area contributed by atoms with E-state index in [1.165, 1.54) is 6.42 Å². The molecule has 0 aromatic carbocycles. The maximum Gasteiger partial charge on any atom is 0.255 e. The van der Waals surface area contributed by atoms with Crippen LogP contribution in [0, 0.1) is 0 Å². The van der Waals surface area contributed by atoms with Gasteiger partial charge in [-0.05, 0) is 57.3 Å². The van der Waals surface area contributed by atoms with Gasteiger partial charge in [-0.15, -0.1) is 0 Å². The molecule has 2 amide bonds. The number of primary amides is 1. The molecule has 0 spiro atoms. The largest absolute Gasteiger partial charge is 0.369 e. The van der Waals surface area contributed by atoms with E-state index in [-0.39, 0.29) is 11.8 Å². The van der Waals surface area contributed by atoms with Gasteiger partial charge in [0, 0.05) is 30.9 Å². The fourth-order valence-corrected chi connectivity index (χ4v) is 3.66. The van der Waals surface area contributed by atoms with Crippen LogP contribution in [0.15, 0.2) is 18.3 Å². The lowest BCUT2D eigenvalue weighted by molar-refractivity contribution is -0.119. The molecule has 24 heavy (non-hydrogen) atoms. The summed E-state index contributed by atoms with van der Waals surface area (Å²) < 4.78 is 0. The van der Waals surface area contributed by atoms with Crippen molar-refractivity contribution >= 4 is 11.8 Å². The summed E-state index contributed by atoms with van der Waals surface area (Å²) in [6, 6.07) is 3.90. The molecule has 6 heteroatoms. The van der Waals surface area contributed by atoms with Crippen LogP contribution in [0.3, 0.4) is 0 Å². The van der Waals surface area contributed by atoms with E-state index in [4.69, 9.17) is 5.73 Å². The molecule has 1 aromatic heterocycles. The Morgan fingerprint density at radius 1 is 1.08 bits per heavy atom. The van der Waals surface area contributed by atoms with E-state index < -0.39 is 0 Å². The second-order valence-corrected chi connectivity index (χ2v) is 6.84. The van der Waals surface area contributed by atoms with Gasteiger partial charge >= 0.3 is 0 Å². The summed E-state index contributed by atoms with van der Waals surface area (Å²) in [6.07, 6.45) is 7.08. The highest BCUT2D eigenvalue weighted by molar-refractivity contribution is 5.94. The first-order valence-electron chi connectivity index (χ1n) is 8.89. The van der Waals surface area contributed by atoms with Crippen LogP contribution in [-0.4, -0.2) is 59.3 Å². The summed E-state index contributed by atoms with van der Waals surface area (Å²) in [6.45, 7) is 3.79. The Bertz CT molecular complexity index is 573. The molecule has 2 aliphatic rings. The Morgan fingerprint density at radius 3 is 2.38 bits per heavy atom. The molecule has 3 heterocycles. The van der Waals surface area contributed by atoms with E-state index >= 15 is 0 Å². The molecule has 2 fully saturated rings. The number of carbonyl (C=O) groups is 2. The first-order chi connectivity index (χ1) is 11.6. The fourth-order valence-electron chi connectivity index (χ4n) is 3.66. The summed E-state index contributed by atoms with van der Waals surface area (Å²) in [5, 5.41) is 0. The predicted octanol–water partition coefficient (Wildman–Crippen LogP) is 1.37. The Balaban J connectivity index is 1.57. The molecule has 0 unspecified atom stereocenters. The molecule has 0 radical (unpaired) electrons. The first kappa shape index (κ1) is 16.9. The van der Waals surface area contributed by atoms with Crippen LogP contribution in [0.2, 0.25) is 0 Å². The van der Waals surface area contributed by atoms with Crippen molar-refractivity contribution in [2.24, 2.45) is 5.73 Å². The molecule has 6 nitrogen and oxygen atoms in total. The molecule has 0 atom stereocenters. The summed E-state index contributed by atoms with van der Waals surface area (Å²) in [4.78, 5) is 32.0. The molecular formula is C18H26N4O2. The number of pyridine rings is 1. The number of nitrogens with two attached hydrogens (primary N) is 1. The first-order valence-corrected chi connectivity index (χ1v) is 8.89. The van der Waals surface area contributed by atoms with Gasteiger partial charge in [0.15, 0.2) is 0 Å². The molecule has 0 saturated carbocycles. The quantitative estimate of drug-likeness (QED) is 0.904. The summed E-state index contributed by atoms with van der Waals surface area (Å²) in [5.41, 5.74) is 6.98. The number of aromatic nitrogens is 1. The van der Waals surface area contributed by atoms with Gasteiger partial charge in [-0.3, -0.25) is 19.5 Å². The molecule has 130 valence electrons. The monoisotopic (exact) mass is 330 g/mol. The van der Waals surface area contributed by atoms with Crippen molar-refractivity contribution < 1.29 is 9.59 Å². The van der Waals surface area contributed by atoms with Gasteiger partial charge in [0.1, 0.15) is 0 Å². The number of hydrogen-bond donors (Lipinski definition) is 1. The number of carbonyl (C=O) groups excluding carboxylic acids is 2. The average Bonchev–Trinajstić information content (AvgIpc) is 2.62. The zero-order chi connectivity index (χ0) is 16.9. The van der Waals surface area contributed by atoms with Crippen molar-refractivity contribution in [3.63, 3.8) is 0 Å². The number of rotatable bonds is 4. The topological polar surface area (TPSA) is 79.5 Å². The van der Waals surface area contributed by atoms with Crippen LogP contribution >= 0.6 is 0 Å². The molecule has 0 bridgehead atoms. The van der Waals surface area contributed by atoms with Crippen LogP contribution in [0.4, 0.5) is 0 Å². The van der Waals surface area contributed by atoms with E-state index in [2.05, 4.69) is 9.88 Å². The molecular weight excluding hydrogens is 304 g/mol. The van der Waals surface area contributed by atoms with Crippen molar-refractivity contribution in [2.45, 2.75) is 38.0 Å². The Morgan fingerprint density at radius 2 is 1.79 bits per heavy atom. The number of piperidine rings is 2. The van der Waals surface area contributed by atoms with E-state index in [0.717, 1.165) is 57.6 Å². The fraction of sp³-hybridized carbons (Fsp3) is 0.611. The second kappa shape index (κ2) is 7.75. The smallest absolute Gasteiger partial charge is 0.255 e. The van der Waals surface area contributed by atoms with Crippen molar-refractivity contribution in [2.75, 3.05) is 32.7 Å². The average molecular weight is 330 g/mol. The highest BCUT2D eigenvalue weighted by Crippen LogP contribution is 2.26.